The lowest BCUT2D eigenvalue weighted by Crippen LogP contribution is -2.45. The van der Waals surface area contributed by atoms with Crippen LogP contribution >= 0.6 is 40.7 Å². The van der Waals surface area contributed by atoms with Gasteiger partial charge in [0.2, 0.25) is 0 Å². The number of rotatable bonds is 4. The Labute approximate surface area is 136 Å². The highest BCUT2D eigenvalue weighted by molar-refractivity contribution is 9.10. The van der Waals surface area contributed by atoms with Crippen LogP contribution in [0.5, 0.6) is 0 Å². The van der Waals surface area contributed by atoms with Crippen molar-refractivity contribution in [3.63, 3.8) is 0 Å². The molecule has 19 heavy (non-hydrogen) atoms. The minimum Gasteiger partial charge on any atom is -0.314 e. The summed E-state index contributed by atoms with van der Waals surface area (Å²) < 4.78 is 1.15. The largest absolute Gasteiger partial charge is 0.314 e. The van der Waals surface area contributed by atoms with Crippen molar-refractivity contribution in [3.05, 3.63) is 47.0 Å². The summed E-state index contributed by atoms with van der Waals surface area (Å²) in [5.74, 6) is 0. The molecule has 1 aromatic carbocycles. The Balaban J connectivity index is 0.00000162. The maximum absolute atomic E-state index is 3.89. The molecule has 1 heterocycles. The molecule has 1 N–H and O–H groups in total. The average molecular weight is 368 g/mol. The van der Waals surface area contributed by atoms with Crippen LogP contribution in [0, 0.1) is 0 Å². The van der Waals surface area contributed by atoms with E-state index in [1.165, 1.54) is 5.56 Å². The highest BCUT2D eigenvalue weighted by Gasteiger charge is 2.20. The molecule has 0 saturated carbocycles. The predicted octanol–water partition coefficient (Wildman–Crippen LogP) is 3.82. The first-order valence-corrected chi connectivity index (χ1v) is 6.91. The monoisotopic (exact) mass is 366 g/mol. The van der Waals surface area contributed by atoms with E-state index in [2.05, 4.69) is 57.0 Å². The van der Waals surface area contributed by atoms with Crippen LogP contribution in [-0.4, -0.2) is 31.1 Å². The molecule has 1 aromatic rings. The highest BCUT2D eigenvalue weighted by Crippen LogP contribution is 2.27. The minimum atomic E-state index is 0. The molecule has 0 unspecified atom stereocenters. The zero-order valence-electron chi connectivity index (χ0n) is 10.8. The van der Waals surface area contributed by atoms with Gasteiger partial charge in [-0.05, 0) is 24.1 Å². The third-order valence-electron chi connectivity index (χ3n) is 3.22. The van der Waals surface area contributed by atoms with Crippen LogP contribution in [-0.2, 0) is 0 Å². The summed E-state index contributed by atoms with van der Waals surface area (Å²) in [5.41, 5.74) is 1.38. The number of benzene rings is 1. The number of hydrogen-bond acceptors (Lipinski definition) is 2. The Bertz CT molecular complexity index is 381. The van der Waals surface area contributed by atoms with E-state index in [0.717, 1.165) is 37.1 Å². The van der Waals surface area contributed by atoms with Crippen LogP contribution in [0.2, 0.25) is 0 Å². The Kier molecular flexibility index (Phi) is 9.75. The van der Waals surface area contributed by atoms with Crippen molar-refractivity contribution in [3.8, 4) is 0 Å². The Morgan fingerprint density at radius 3 is 2.58 bits per heavy atom. The summed E-state index contributed by atoms with van der Waals surface area (Å²) in [4.78, 5) is 2.54. The van der Waals surface area contributed by atoms with Gasteiger partial charge in [0.1, 0.15) is 0 Å². The van der Waals surface area contributed by atoms with Crippen LogP contribution in [0.4, 0.5) is 0 Å². The molecule has 1 fully saturated rings. The lowest BCUT2D eigenvalue weighted by Gasteiger charge is -2.34. The van der Waals surface area contributed by atoms with Crippen molar-refractivity contribution in [2.75, 3.05) is 26.2 Å². The van der Waals surface area contributed by atoms with E-state index in [9.17, 15) is 0 Å². The molecule has 1 saturated heterocycles. The molecule has 1 aliphatic heterocycles. The van der Waals surface area contributed by atoms with Gasteiger partial charge in [0.05, 0.1) is 0 Å². The van der Waals surface area contributed by atoms with E-state index in [0.29, 0.717) is 6.04 Å². The fourth-order valence-electron chi connectivity index (χ4n) is 2.36. The van der Waals surface area contributed by atoms with Gasteiger partial charge in [-0.2, -0.15) is 0 Å². The summed E-state index contributed by atoms with van der Waals surface area (Å²) in [6.45, 7) is 8.29. The van der Waals surface area contributed by atoms with Crippen molar-refractivity contribution in [2.24, 2.45) is 0 Å². The minimum absolute atomic E-state index is 0. The topological polar surface area (TPSA) is 15.3 Å². The van der Waals surface area contributed by atoms with Crippen molar-refractivity contribution < 1.29 is 0 Å². The molecule has 0 aliphatic carbocycles. The maximum Gasteiger partial charge on any atom is 0.0383 e. The first-order valence-electron chi connectivity index (χ1n) is 6.12. The number of piperazine rings is 1. The smallest absolute Gasteiger partial charge is 0.0383 e. The summed E-state index contributed by atoms with van der Waals surface area (Å²) in [5, 5.41) is 3.40. The zero-order chi connectivity index (χ0) is 12.1. The molecule has 2 nitrogen and oxygen atoms in total. The molecule has 0 aromatic heterocycles. The SMILES string of the molecule is C=CC[C@@H](c1cccc(Br)c1)N1CCNCC1.Cl.Cl. The third kappa shape index (κ3) is 5.44. The molecule has 108 valence electrons. The van der Waals surface area contributed by atoms with E-state index in [1.54, 1.807) is 0 Å². The number of hydrogen-bond donors (Lipinski definition) is 1. The Morgan fingerprint density at radius 1 is 1.32 bits per heavy atom. The van der Waals surface area contributed by atoms with Gasteiger partial charge >= 0.3 is 0 Å². The lowest BCUT2D eigenvalue weighted by atomic mass is 10.0. The second-order valence-electron chi connectivity index (χ2n) is 4.38. The van der Waals surface area contributed by atoms with E-state index < -0.39 is 0 Å². The van der Waals surface area contributed by atoms with Crippen LogP contribution in [0.25, 0.3) is 0 Å². The fourth-order valence-corrected chi connectivity index (χ4v) is 2.78. The molecule has 0 spiro atoms. The number of halogens is 3. The molecule has 2 rings (SSSR count). The van der Waals surface area contributed by atoms with Gasteiger partial charge in [0, 0.05) is 36.7 Å². The van der Waals surface area contributed by atoms with Crippen molar-refractivity contribution >= 4 is 40.7 Å². The standard InChI is InChI=1S/C14H19BrN2.2ClH/c1-2-4-14(17-9-7-16-8-10-17)12-5-3-6-13(15)11-12;;/h2-3,5-6,11,14,16H,1,4,7-10H2;2*1H/t14-;;/m0../s1. The predicted molar refractivity (Wildman–Crippen MR) is 90.6 cm³/mol. The van der Waals surface area contributed by atoms with Gasteiger partial charge in [-0.3, -0.25) is 4.90 Å². The van der Waals surface area contributed by atoms with E-state index in [-0.39, 0.29) is 24.8 Å². The van der Waals surface area contributed by atoms with Crippen LogP contribution in [0.3, 0.4) is 0 Å². The molecular weight excluding hydrogens is 347 g/mol. The van der Waals surface area contributed by atoms with Crippen LogP contribution in [0.1, 0.15) is 18.0 Å². The highest BCUT2D eigenvalue weighted by atomic mass is 79.9. The van der Waals surface area contributed by atoms with Crippen molar-refractivity contribution in [1.29, 1.82) is 0 Å². The second kappa shape index (κ2) is 9.78. The molecule has 1 aliphatic rings. The maximum atomic E-state index is 3.89. The molecule has 1 atom stereocenters. The van der Waals surface area contributed by atoms with Gasteiger partial charge in [0.15, 0.2) is 0 Å². The van der Waals surface area contributed by atoms with Crippen molar-refractivity contribution in [2.45, 2.75) is 12.5 Å². The summed E-state index contributed by atoms with van der Waals surface area (Å²) in [6, 6.07) is 9.08. The van der Waals surface area contributed by atoms with E-state index in [1.807, 2.05) is 6.08 Å². The quantitative estimate of drug-likeness (QED) is 0.814. The zero-order valence-corrected chi connectivity index (χ0v) is 14.1. The number of nitrogens with one attached hydrogen (secondary N) is 1. The summed E-state index contributed by atoms with van der Waals surface area (Å²) >= 11 is 3.55. The van der Waals surface area contributed by atoms with E-state index >= 15 is 0 Å². The van der Waals surface area contributed by atoms with Crippen molar-refractivity contribution in [1.82, 2.24) is 10.2 Å². The van der Waals surface area contributed by atoms with Gasteiger partial charge in [-0.15, -0.1) is 31.4 Å². The number of nitrogens with zero attached hydrogens (tertiary/aromatic N) is 1. The average Bonchev–Trinajstić information content (AvgIpc) is 2.37. The second-order valence-corrected chi connectivity index (χ2v) is 5.30. The normalized spacial score (nSPS) is 16.9. The first-order chi connectivity index (χ1) is 8.31. The molecule has 0 radical (unpaired) electrons. The lowest BCUT2D eigenvalue weighted by molar-refractivity contribution is 0.174. The van der Waals surface area contributed by atoms with Gasteiger partial charge in [0.25, 0.3) is 0 Å². The molecular formula is C14H21BrCl2N2. The Hall–Kier alpha value is -0.0600. The van der Waals surface area contributed by atoms with E-state index in [4.69, 9.17) is 0 Å². The molecule has 0 bridgehead atoms. The summed E-state index contributed by atoms with van der Waals surface area (Å²) in [6.07, 6.45) is 3.03. The van der Waals surface area contributed by atoms with Gasteiger partial charge < -0.3 is 5.32 Å². The third-order valence-corrected chi connectivity index (χ3v) is 3.71. The Morgan fingerprint density at radius 2 is 2.00 bits per heavy atom. The first kappa shape index (κ1) is 18.9. The van der Waals surface area contributed by atoms with Gasteiger partial charge in [-0.1, -0.05) is 34.1 Å². The summed E-state index contributed by atoms with van der Waals surface area (Å²) in [7, 11) is 0. The molecule has 0 amide bonds. The fraction of sp³-hybridized carbons (Fsp3) is 0.429. The van der Waals surface area contributed by atoms with Crippen LogP contribution < -0.4 is 5.32 Å². The van der Waals surface area contributed by atoms with Gasteiger partial charge in [-0.25, -0.2) is 0 Å². The molecule has 5 heteroatoms. The van der Waals surface area contributed by atoms with Crippen LogP contribution in [0.15, 0.2) is 41.4 Å².